The molecule has 1 aromatic carbocycles. The number of hydrogen-bond acceptors (Lipinski definition) is 4. The summed E-state index contributed by atoms with van der Waals surface area (Å²) in [5, 5.41) is 5.24. The molecule has 88 valence electrons. The summed E-state index contributed by atoms with van der Waals surface area (Å²) < 4.78 is 0.737. The maximum absolute atomic E-state index is 12.0. The summed E-state index contributed by atoms with van der Waals surface area (Å²) in [6.07, 6.45) is 0. The maximum Gasteiger partial charge on any atom is 0.258 e. The number of carbonyl (C=O) groups excluding carboxylic acids is 1. The number of benzene rings is 1. The van der Waals surface area contributed by atoms with Crippen LogP contribution in [0.5, 0.6) is 0 Å². The number of aromatic nitrogens is 1. The molecular weight excluding hydrogens is 320 g/mol. The molecule has 2 aromatic rings. The van der Waals surface area contributed by atoms with E-state index in [0.29, 0.717) is 10.7 Å². The lowest BCUT2D eigenvalue weighted by Gasteiger charge is -2.04. The maximum atomic E-state index is 12.0. The van der Waals surface area contributed by atoms with Crippen molar-refractivity contribution in [2.75, 3.05) is 5.32 Å². The molecule has 3 nitrogen and oxygen atoms in total. The minimum Gasteiger partial charge on any atom is -0.298 e. The number of amides is 1. The third-order valence-electron chi connectivity index (χ3n) is 2.03. The number of rotatable bonds is 2. The number of carbonyl (C=O) groups is 1. The molecule has 0 aliphatic carbocycles. The highest BCUT2D eigenvalue weighted by Crippen LogP contribution is 2.22. The van der Waals surface area contributed by atoms with E-state index < -0.39 is 0 Å². The first-order chi connectivity index (χ1) is 8.06. The molecular formula is C11H9BrN2OS2. The van der Waals surface area contributed by atoms with E-state index in [2.05, 4.69) is 38.9 Å². The fraction of sp³-hybridized carbons (Fsp3) is 0.0909. The number of thiazole rings is 1. The zero-order valence-electron chi connectivity index (χ0n) is 8.90. The smallest absolute Gasteiger partial charge is 0.258 e. The molecule has 0 radical (unpaired) electrons. The van der Waals surface area contributed by atoms with Crippen LogP contribution in [0.3, 0.4) is 0 Å². The monoisotopic (exact) mass is 328 g/mol. The first kappa shape index (κ1) is 12.6. The van der Waals surface area contributed by atoms with Gasteiger partial charge in [-0.3, -0.25) is 10.1 Å². The number of nitrogens with zero attached hydrogens (tertiary/aromatic N) is 1. The normalized spacial score (nSPS) is 10.3. The third kappa shape index (κ3) is 3.08. The number of aryl methyl sites for hydroxylation is 1. The fourth-order valence-electron chi connectivity index (χ4n) is 1.26. The van der Waals surface area contributed by atoms with Gasteiger partial charge in [0.1, 0.15) is 0 Å². The Morgan fingerprint density at radius 3 is 2.94 bits per heavy atom. The molecule has 0 saturated carbocycles. The van der Waals surface area contributed by atoms with Gasteiger partial charge in [-0.25, -0.2) is 4.98 Å². The van der Waals surface area contributed by atoms with Crippen molar-refractivity contribution in [3.8, 4) is 0 Å². The molecule has 0 aliphatic heterocycles. The second-order valence-electron chi connectivity index (χ2n) is 3.41. The van der Waals surface area contributed by atoms with Gasteiger partial charge >= 0.3 is 0 Å². The van der Waals surface area contributed by atoms with Gasteiger partial charge in [-0.2, -0.15) is 0 Å². The Balaban J connectivity index is 2.22. The molecule has 1 aromatic heterocycles. The SMILES string of the molecule is Cc1csc(NC(=O)c2cc(S)ccc2Br)n1. The van der Waals surface area contributed by atoms with Crippen LogP contribution in [0.2, 0.25) is 0 Å². The van der Waals surface area contributed by atoms with Gasteiger partial charge < -0.3 is 0 Å². The summed E-state index contributed by atoms with van der Waals surface area (Å²) in [5.41, 5.74) is 1.44. The second kappa shape index (κ2) is 5.20. The molecule has 0 atom stereocenters. The summed E-state index contributed by atoms with van der Waals surface area (Å²) in [6, 6.07) is 5.32. The summed E-state index contributed by atoms with van der Waals surface area (Å²) >= 11 is 8.96. The number of halogens is 1. The van der Waals surface area contributed by atoms with Gasteiger partial charge in [-0.1, -0.05) is 0 Å². The molecule has 0 aliphatic rings. The molecule has 0 spiro atoms. The number of anilines is 1. The average molecular weight is 329 g/mol. The lowest BCUT2D eigenvalue weighted by atomic mass is 10.2. The fourth-order valence-corrected chi connectivity index (χ4v) is 2.58. The lowest BCUT2D eigenvalue weighted by Crippen LogP contribution is -2.12. The van der Waals surface area contributed by atoms with Gasteiger partial charge in [0.25, 0.3) is 5.91 Å². The molecule has 0 bridgehead atoms. The zero-order chi connectivity index (χ0) is 12.4. The van der Waals surface area contributed by atoms with Crippen LogP contribution >= 0.6 is 39.9 Å². The van der Waals surface area contributed by atoms with Gasteiger partial charge in [-0.15, -0.1) is 24.0 Å². The lowest BCUT2D eigenvalue weighted by molar-refractivity contribution is 0.102. The zero-order valence-corrected chi connectivity index (χ0v) is 12.2. The van der Waals surface area contributed by atoms with E-state index >= 15 is 0 Å². The second-order valence-corrected chi connectivity index (χ2v) is 5.64. The Bertz CT molecular complexity index is 568. The van der Waals surface area contributed by atoms with Gasteiger partial charge in [0.05, 0.1) is 11.3 Å². The van der Waals surface area contributed by atoms with Crippen LogP contribution in [0.25, 0.3) is 0 Å². The Hall–Kier alpha value is -0.850. The Morgan fingerprint density at radius 2 is 2.29 bits per heavy atom. The van der Waals surface area contributed by atoms with E-state index in [-0.39, 0.29) is 5.91 Å². The van der Waals surface area contributed by atoms with Crippen LogP contribution < -0.4 is 5.32 Å². The predicted molar refractivity (Wildman–Crippen MR) is 76.2 cm³/mol. The van der Waals surface area contributed by atoms with E-state index in [9.17, 15) is 4.79 Å². The summed E-state index contributed by atoms with van der Waals surface area (Å²) in [4.78, 5) is 16.9. The van der Waals surface area contributed by atoms with Gasteiger partial charge in [-0.05, 0) is 41.1 Å². The van der Waals surface area contributed by atoms with Crippen molar-refractivity contribution >= 4 is 50.9 Å². The molecule has 0 unspecified atom stereocenters. The number of hydrogen-bond donors (Lipinski definition) is 2. The highest BCUT2D eigenvalue weighted by Gasteiger charge is 2.12. The minimum atomic E-state index is -0.192. The number of nitrogens with one attached hydrogen (secondary N) is 1. The highest BCUT2D eigenvalue weighted by atomic mass is 79.9. The Labute approximate surface area is 117 Å². The van der Waals surface area contributed by atoms with Crippen LogP contribution in [0.4, 0.5) is 5.13 Å². The van der Waals surface area contributed by atoms with Crippen LogP contribution in [0.1, 0.15) is 16.1 Å². The molecule has 0 fully saturated rings. The third-order valence-corrected chi connectivity index (χ3v) is 3.88. The van der Waals surface area contributed by atoms with E-state index in [4.69, 9.17) is 0 Å². The Kier molecular flexibility index (Phi) is 3.86. The summed E-state index contributed by atoms with van der Waals surface area (Å²) in [7, 11) is 0. The first-order valence-electron chi connectivity index (χ1n) is 4.78. The molecule has 17 heavy (non-hydrogen) atoms. The standard InChI is InChI=1S/C11H9BrN2OS2/c1-6-5-17-11(13-6)14-10(15)8-4-7(16)2-3-9(8)12/h2-5,16H,1H3,(H,13,14,15). The van der Waals surface area contributed by atoms with E-state index in [1.807, 2.05) is 18.4 Å². The molecule has 6 heteroatoms. The molecule has 1 heterocycles. The van der Waals surface area contributed by atoms with Crippen LogP contribution in [-0.2, 0) is 0 Å². The Morgan fingerprint density at radius 1 is 1.53 bits per heavy atom. The highest BCUT2D eigenvalue weighted by molar-refractivity contribution is 9.10. The van der Waals surface area contributed by atoms with Crippen molar-refractivity contribution in [2.24, 2.45) is 0 Å². The van der Waals surface area contributed by atoms with Gasteiger partial charge in [0.15, 0.2) is 5.13 Å². The quantitative estimate of drug-likeness (QED) is 0.824. The molecule has 1 amide bonds. The van der Waals surface area contributed by atoms with Crippen LogP contribution in [0.15, 0.2) is 32.9 Å². The largest absolute Gasteiger partial charge is 0.298 e. The van der Waals surface area contributed by atoms with Crippen molar-refractivity contribution < 1.29 is 4.79 Å². The van der Waals surface area contributed by atoms with Gasteiger partial charge in [0.2, 0.25) is 0 Å². The van der Waals surface area contributed by atoms with Crippen molar-refractivity contribution in [3.63, 3.8) is 0 Å². The summed E-state index contributed by atoms with van der Waals surface area (Å²) in [6.45, 7) is 1.89. The topological polar surface area (TPSA) is 42.0 Å². The van der Waals surface area contributed by atoms with E-state index in [1.165, 1.54) is 11.3 Å². The first-order valence-corrected chi connectivity index (χ1v) is 6.90. The van der Waals surface area contributed by atoms with Crippen LogP contribution in [-0.4, -0.2) is 10.9 Å². The molecule has 2 rings (SSSR count). The van der Waals surface area contributed by atoms with Crippen molar-refractivity contribution in [2.45, 2.75) is 11.8 Å². The minimum absolute atomic E-state index is 0.192. The molecule has 0 saturated heterocycles. The molecule has 1 N–H and O–H groups in total. The van der Waals surface area contributed by atoms with E-state index in [1.54, 1.807) is 12.1 Å². The van der Waals surface area contributed by atoms with E-state index in [0.717, 1.165) is 15.1 Å². The van der Waals surface area contributed by atoms with Gasteiger partial charge in [0, 0.05) is 14.7 Å². The number of thiol groups is 1. The van der Waals surface area contributed by atoms with Crippen LogP contribution in [0, 0.1) is 6.92 Å². The van der Waals surface area contributed by atoms with Crippen molar-refractivity contribution in [1.29, 1.82) is 0 Å². The predicted octanol–water partition coefficient (Wildman–Crippen LogP) is 3.76. The van der Waals surface area contributed by atoms with Crippen molar-refractivity contribution in [3.05, 3.63) is 39.3 Å². The summed E-state index contributed by atoms with van der Waals surface area (Å²) in [5.74, 6) is -0.192. The average Bonchev–Trinajstić information content (AvgIpc) is 2.67. The van der Waals surface area contributed by atoms with Crippen molar-refractivity contribution in [1.82, 2.24) is 4.98 Å².